The fourth-order valence-electron chi connectivity index (χ4n) is 0.854. The molecule has 0 bridgehead atoms. The van der Waals surface area contributed by atoms with Crippen LogP contribution < -0.4 is 5.32 Å². The summed E-state index contributed by atoms with van der Waals surface area (Å²) in [5, 5.41) is 2.89. The topological polar surface area (TPSA) is 51.2 Å². The predicted molar refractivity (Wildman–Crippen MR) is 49.4 cm³/mol. The molecule has 1 aromatic rings. The SMILES string of the molecule is CCOC(=O)CNc1cccnc1. The molecule has 0 fully saturated rings. The molecule has 0 spiro atoms. The van der Waals surface area contributed by atoms with Crippen molar-refractivity contribution in [2.45, 2.75) is 6.92 Å². The van der Waals surface area contributed by atoms with Gasteiger partial charge in [0.25, 0.3) is 0 Å². The third-order valence-electron chi connectivity index (χ3n) is 1.40. The summed E-state index contributed by atoms with van der Waals surface area (Å²) < 4.78 is 4.74. The number of hydrogen-bond acceptors (Lipinski definition) is 4. The molecule has 0 unspecified atom stereocenters. The minimum Gasteiger partial charge on any atom is -0.465 e. The summed E-state index contributed by atoms with van der Waals surface area (Å²) in [4.78, 5) is 14.8. The Morgan fingerprint density at radius 3 is 3.15 bits per heavy atom. The zero-order valence-corrected chi connectivity index (χ0v) is 7.49. The molecule has 0 amide bonds. The number of aromatic nitrogens is 1. The van der Waals surface area contributed by atoms with Crippen molar-refractivity contribution in [2.24, 2.45) is 0 Å². The van der Waals surface area contributed by atoms with Gasteiger partial charge >= 0.3 is 5.97 Å². The lowest BCUT2D eigenvalue weighted by atomic mass is 10.4. The van der Waals surface area contributed by atoms with Crippen LogP contribution in [-0.2, 0) is 9.53 Å². The van der Waals surface area contributed by atoms with E-state index in [4.69, 9.17) is 4.74 Å². The van der Waals surface area contributed by atoms with Crippen LogP contribution in [0.4, 0.5) is 5.69 Å². The van der Waals surface area contributed by atoms with Crippen LogP contribution in [0.25, 0.3) is 0 Å². The third-order valence-corrected chi connectivity index (χ3v) is 1.40. The Kier molecular flexibility index (Phi) is 3.75. The number of carbonyl (C=O) groups excluding carboxylic acids is 1. The lowest BCUT2D eigenvalue weighted by Gasteiger charge is -2.04. The monoisotopic (exact) mass is 180 g/mol. The molecular formula is C9H12N2O2. The predicted octanol–water partition coefficient (Wildman–Crippen LogP) is 1.06. The molecule has 0 radical (unpaired) electrons. The minimum absolute atomic E-state index is 0.180. The van der Waals surface area contributed by atoms with Crippen molar-refractivity contribution < 1.29 is 9.53 Å². The summed E-state index contributed by atoms with van der Waals surface area (Å²) >= 11 is 0. The maximum absolute atomic E-state index is 10.9. The second kappa shape index (κ2) is 5.13. The molecule has 0 saturated carbocycles. The van der Waals surface area contributed by atoms with Gasteiger partial charge in [0.1, 0.15) is 6.54 Å². The number of hydrogen-bond donors (Lipinski definition) is 1. The van der Waals surface area contributed by atoms with E-state index in [-0.39, 0.29) is 12.5 Å². The summed E-state index contributed by atoms with van der Waals surface area (Å²) in [6.45, 7) is 2.37. The fourth-order valence-corrected chi connectivity index (χ4v) is 0.854. The first-order valence-electron chi connectivity index (χ1n) is 4.12. The molecule has 70 valence electrons. The lowest BCUT2D eigenvalue weighted by Crippen LogP contribution is -2.16. The van der Waals surface area contributed by atoms with Crippen molar-refractivity contribution >= 4 is 11.7 Å². The van der Waals surface area contributed by atoms with Gasteiger partial charge in [-0.2, -0.15) is 0 Å². The molecule has 0 aliphatic rings. The third kappa shape index (κ3) is 3.55. The Hall–Kier alpha value is -1.58. The van der Waals surface area contributed by atoms with Gasteiger partial charge in [0.05, 0.1) is 12.3 Å². The molecule has 1 heterocycles. The molecule has 0 atom stereocenters. The van der Waals surface area contributed by atoms with Gasteiger partial charge in [-0.1, -0.05) is 0 Å². The van der Waals surface area contributed by atoms with E-state index in [1.165, 1.54) is 0 Å². The van der Waals surface area contributed by atoms with E-state index in [1.54, 1.807) is 25.4 Å². The average Bonchev–Trinajstić information content (AvgIpc) is 2.17. The van der Waals surface area contributed by atoms with Gasteiger partial charge in [0.2, 0.25) is 0 Å². The number of nitrogens with one attached hydrogen (secondary N) is 1. The summed E-state index contributed by atoms with van der Waals surface area (Å²) in [7, 11) is 0. The van der Waals surface area contributed by atoms with E-state index in [2.05, 4.69) is 10.3 Å². The highest BCUT2D eigenvalue weighted by atomic mass is 16.5. The summed E-state index contributed by atoms with van der Waals surface area (Å²) in [6, 6.07) is 3.64. The van der Waals surface area contributed by atoms with Gasteiger partial charge in [-0.3, -0.25) is 9.78 Å². The average molecular weight is 180 g/mol. The molecule has 0 saturated heterocycles. The zero-order valence-electron chi connectivity index (χ0n) is 7.49. The summed E-state index contributed by atoms with van der Waals surface area (Å²) in [6.07, 6.45) is 3.33. The van der Waals surface area contributed by atoms with Crippen LogP contribution in [0.1, 0.15) is 6.92 Å². The summed E-state index contributed by atoms with van der Waals surface area (Å²) in [5.74, 6) is -0.258. The molecule has 0 aliphatic carbocycles. The highest BCUT2D eigenvalue weighted by Crippen LogP contribution is 2.01. The van der Waals surface area contributed by atoms with Crippen LogP contribution in [0.15, 0.2) is 24.5 Å². The van der Waals surface area contributed by atoms with E-state index in [1.807, 2.05) is 6.07 Å². The molecule has 1 N–H and O–H groups in total. The quantitative estimate of drug-likeness (QED) is 0.704. The van der Waals surface area contributed by atoms with Crippen LogP contribution >= 0.6 is 0 Å². The van der Waals surface area contributed by atoms with E-state index in [0.717, 1.165) is 5.69 Å². The molecule has 0 aromatic carbocycles. The van der Waals surface area contributed by atoms with Crippen molar-refractivity contribution in [1.82, 2.24) is 4.98 Å². The molecule has 4 nitrogen and oxygen atoms in total. The molecule has 13 heavy (non-hydrogen) atoms. The number of pyridine rings is 1. The van der Waals surface area contributed by atoms with Crippen LogP contribution in [0.3, 0.4) is 0 Å². The summed E-state index contributed by atoms with van der Waals surface area (Å²) in [5.41, 5.74) is 0.815. The smallest absolute Gasteiger partial charge is 0.325 e. The molecule has 0 aliphatic heterocycles. The largest absolute Gasteiger partial charge is 0.465 e. The number of rotatable bonds is 4. The van der Waals surface area contributed by atoms with Gasteiger partial charge in [-0.25, -0.2) is 0 Å². The normalized spacial score (nSPS) is 9.31. The van der Waals surface area contributed by atoms with E-state index in [0.29, 0.717) is 6.61 Å². The number of carbonyl (C=O) groups is 1. The van der Waals surface area contributed by atoms with Gasteiger partial charge in [0.15, 0.2) is 0 Å². The second-order valence-corrected chi connectivity index (χ2v) is 2.40. The number of ether oxygens (including phenoxy) is 1. The van der Waals surface area contributed by atoms with Gasteiger partial charge in [-0.05, 0) is 19.1 Å². The molecular weight excluding hydrogens is 168 g/mol. The second-order valence-electron chi connectivity index (χ2n) is 2.40. The van der Waals surface area contributed by atoms with Gasteiger partial charge in [-0.15, -0.1) is 0 Å². The Bertz CT molecular complexity index is 262. The first kappa shape index (κ1) is 9.51. The van der Waals surface area contributed by atoms with Crippen molar-refractivity contribution in [3.63, 3.8) is 0 Å². The van der Waals surface area contributed by atoms with Gasteiger partial charge in [0, 0.05) is 12.4 Å². The minimum atomic E-state index is -0.258. The zero-order chi connectivity index (χ0) is 9.52. The van der Waals surface area contributed by atoms with Crippen molar-refractivity contribution in [2.75, 3.05) is 18.5 Å². The Balaban J connectivity index is 2.31. The standard InChI is InChI=1S/C9H12N2O2/c1-2-13-9(12)7-11-8-4-3-5-10-6-8/h3-6,11H,2,7H2,1H3. The van der Waals surface area contributed by atoms with E-state index in [9.17, 15) is 4.79 Å². The molecule has 4 heteroatoms. The Labute approximate surface area is 76.9 Å². The highest BCUT2D eigenvalue weighted by molar-refractivity contribution is 5.74. The van der Waals surface area contributed by atoms with Crippen molar-refractivity contribution in [3.8, 4) is 0 Å². The van der Waals surface area contributed by atoms with Crippen molar-refractivity contribution in [1.29, 1.82) is 0 Å². The van der Waals surface area contributed by atoms with Crippen LogP contribution in [0, 0.1) is 0 Å². The van der Waals surface area contributed by atoms with Gasteiger partial charge < -0.3 is 10.1 Å². The Morgan fingerprint density at radius 2 is 2.54 bits per heavy atom. The maximum Gasteiger partial charge on any atom is 0.325 e. The molecule has 1 rings (SSSR count). The lowest BCUT2D eigenvalue weighted by molar-refractivity contribution is -0.140. The number of anilines is 1. The van der Waals surface area contributed by atoms with Crippen LogP contribution in [0.2, 0.25) is 0 Å². The first-order chi connectivity index (χ1) is 6.33. The Morgan fingerprint density at radius 1 is 1.69 bits per heavy atom. The van der Waals surface area contributed by atoms with Crippen LogP contribution in [0.5, 0.6) is 0 Å². The first-order valence-corrected chi connectivity index (χ1v) is 4.12. The number of nitrogens with zero attached hydrogens (tertiary/aromatic N) is 1. The number of esters is 1. The molecule has 1 aromatic heterocycles. The van der Waals surface area contributed by atoms with Crippen molar-refractivity contribution in [3.05, 3.63) is 24.5 Å². The van der Waals surface area contributed by atoms with E-state index >= 15 is 0 Å². The maximum atomic E-state index is 10.9. The van der Waals surface area contributed by atoms with Crippen LogP contribution in [-0.4, -0.2) is 24.1 Å². The highest BCUT2D eigenvalue weighted by Gasteiger charge is 1.99. The fraction of sp³-hybridized carbons (Fsp3) is 0.333. The van der Waals surface area contributed by atoms with E-state index < -0.39 is 0 Å².